The molecule has 1 saturated carbocycles. The monoisotopic (exact) mass is 560 g/mol. The topological polar surface area (TPSA) is 97.6 Å². The fraction of sp³-hybridized carbons (Fsp3) is 0.267. The fourth-order valence-electron chi connectivity index (χ4n) is 5.05. The molecule has 0 radical (unpaired) electrons. The van der Waals surface area contributed by atoms with E-state index in [1.165, 1.54) is 28.0 Å². The molecule has 2 aliphatic rings. The summed E-state index contributed by atoms with van der Waals surface area (Å²) in [5, 5.41) is 15.2. The molecule has 1 aliphatic carbocycles. The van der Waals surface area contributed by atoms with Gasteiger partial charge in [0.1, 0.15) is 5.82 Å². The summed E-state index contributed by atoms with van der Waals surface area (Å²) in [6.07, 6.45) is 5.67. The minimum absolute atomic E-state index is 0.00270. The average molecular weight is 561 g/mol. The van der Waals surface area contributed by atoms with Crippen molar-refractivity contribution in [3.8, 4) is 0 Å². The summed E-state index contributed by atoms with van der Waals surface area (Å²) in [7, 11) is 1.67. The number of rotatable bonds is 8. The van der Waals surface area contributed by atoms with Gasteiger partial charge in [0.05, 0.1) is 47.3 Å². The first-order valence-electron chi connectivity index (χ1n) is 12.8. The molecule has 2 aromatic carbocycles. The molecule has 1 unspecified atom stereocenters. The van der Waals surface area contributed by atoms with Crippen molar-refractivity contribution >= 4 is 23.3 Å². The first-order chi connectivity index (χ1) is 19.1. The molecule has 1 N–H and O–H groups in total. The predicted molar refractivity (Wildman–Crippen MR) is 144 cm³/mol. The molecule has 0 spiro atoms. The molecule has 10 heteroatoms. The van der Waals surface area contributed by atoms with Crippen LogP contribution < -0.4 is 0 Å². The van der Waals surface area contributed by atoms with Crippen LogP contribution in [0.4, 0.5) is 4.39 Å². The first kappa shape index (κ1) is 26.3. The number of hydrogen-bond acceptors (Lipinski definition) is 6. The third kappa shape index (κ3) is 4.50. The molecule has 1 aliphatic heterocycles. The molecule has 204 valence electrons. The molecule has 40 heavy (non-hydrogen) atoms. The van der Waals surface area contributed by atoms with Gasteiger partial charge in [0.2, 0.25) is 0 Å². The van der Waals surface area contributed by atoms with Crippen molar-refractivity contribution in [1.29, 1.82) is 0 Å². The number of amides is 1. The van der Waals surface area contributed by atoms with Gasteiger partial charge in [-0.3, -0.25) is 24.2 Å². The summed E-state index contributed by atoms with van der Waals surface area (Å²) in [4.78, 5) is 33.3. The van der Waals surface area contributed by atoms with Gasteiger partial charge in [-0.2, -0.15) is 5.10 Å². The first-order valence-corrected chi connectivity index (χ1v) is 13.2. The SMILES string of the molecule is Cc1ccc(CN2C(=O)c3cc(C(=O)c4cnn(C)c4)cc(F)c3C2(OCC2(O)CC2)c2ccc(Cl)cc2)nc1. The molecular weight excluding hydrogens is 535 g/mol. The number of benzene rings is 2. The van der Waals surface area contributed by atoms with Gasteiger partial charge in [-0.15, -0.1) is 0 Å². The summed E-state index contributed by atoms with van der Waals surface area (Å²) in [6.45, 7) is 1.76. The van der Waals surface area contributed by atoms with E-state index >= 15 is 4.39 Å². The number of halogens is 2. The van der Waals surface area contributed by atoms with Crippen LogP contribution in [0.1, 0.15) is 61.5 Å². The van der Waals surface area contributed by atoms with E-state index in [2.05, 4.69) is 10.1 Å². The van der Waals surface area contributed by atoms with E-state index in [0.29, 0.717) is 29.1 Å². The van der Waals surface area contributed by atoms with Crippen molar-refractivity contribution in [3.05, 3.63) is 117 Å². The van der Waals surface area contributed by atoms with Gasteiger partial charge in [-0.1, -0.05) is 29.8 Å². The quantitative estimate of drug-likeness (QED) is 0.318. The average Bonchev–Trinajstić information content (AvgIpc) is 3.43. The maximum atomic E-state index is 16.3. The molecule has 6 rings (SSSR count). The van der Waals surface area contributed by atoms with Crippen LogP contribution in [0, 0.1) is 12.7 Å². The van der Waals surface area contributed by atoms with Gasteiger partial charge in [0, 0.05) is 35.6 Å². The number of aliphatic hydroxyl groups is 1. The number of hydrogen-bond donors (Lipinski definition) is 1. The van der Waals surface area contributed by atoms with Crippen LogP contribution in [-0.4, -0.2) is 48.7 Å². The van der Waals surface area contributed by atoms with E-state index in [4.69, 9.17) is 16.3 Å². The smallest absolute Gasteiger partial charge is 0.257 e. The lowest BCUT2D eigenvalue weighted by molar-refractivity contribution is -0.139. The molecule has 4 aromatic rings. The van der Waals surface area contributed by atoms with Crippen molar-refractivity contribution in [3.63, 3.8) is 0 Å². The molecule has 1 atom stereocenters. The lowest BCUT2D eigenvalue weighted by Gasteiger charge is -2.40. The maximum Gasteiger partial charge on any atom is 0.257 e. The second kappa shape index (κ2) is 9.62. The van der Waals surface area contributed by atoms with E-state index in [1.54, 1.807) is 43.6 Å². The zero-order valence-corrected chi connectivity index (χ0v) is 22.7. The number of aromatic nitrogens is 3. The van der Waals surface area contributed by atoms with E-state index in [-0.39, 0.29) is 35.4 Å². The summed E-state index contributed by atoms with van der Waals surface area (Å²) in [5.41, 5.74) is -0.607. The second-order valence-corrected chi connectivity index (χ2v) is 10.9. The van der Waals surface area contributed by atoms with Crippen molar-refractivity contribution in [2.75, 3.05) is 6.61 Å². The van der Waals surface area contributed by atoms with Gasteiger partial charge in [0.25, 0.3) is 5.91 Å². The highest BCUT2D eigenvalue weighted by Gasteiger charge is 2.56. The molecular formula is C30H26ClFN4O4. The molecule has 1 fully saturated rings. The standard InChI is InChI=1S/C30H26ClFN4O4/c1-18-3-8-23(33-13-18)16-36-28(38)24-11-19(27(37)20-14-34-35(2)15-20)12-25(32)26(24)30(36,40-17-29(39)9-10-29)21-4-6-22(31)7-5-21/h3-8,11-15,39H,9-10,16-17H2,1-2H3. The Kier molecular flexibility index (Phi) is 6.33. The number of aryl methyl sites for hydroxylation is 2. The highest BCUT2D eigenvalue weighted by molar-refractivity contribution is 6.30. The van der Waals surface area contributed by atoms with Crippen LogP contribution >= 0.6 is 11.6 Å². The zero-order chi connectivity index (χ0) is 28.2. The van der Waals surface area contributed by atoms with Crippen LogP contribution in [-0.2, 0) is 24.1 Å². The minimum Gasteiger partial charge on any atom is -0.387 e. The number of nitrogens with zero attached hydrogens (tertiary/aromatic N) is 4. The third-order valence-corrected chi connectivity index (χ3v) is 7.67. The molecule has 8 nitrogen and oxygen atoms in total. The van der Waals surface area contributed by atoms with Gasteiger partial charge < -0.3 is 9.84 Å². The summed E-state index contributed by atoms with van der Waals surface area (Å²) in [6, 6.07) is 12.8. The van der Waals surface area contributed by atoms with Gasteiger partial charge in [0.15, 0.2) is 11.5 Å². The van der Waals surface area contributed by atoms with Crippen LogP contribution in [0.15, 0.2) is 67.1 Å². The Hall–Kier alpha value is -3.92. The van der Waals surface area contributed by atoms with Crippen molar-refractivity contribution in [1.82, 2.24) is 19.7 Å². The van der Waals surface area contributed by atoms with E-state index in [9.17, 15) is 14.7 Å². The largest absolute Gasteiger partial charge is 0.387 e. The Bertz CT molecular complexity index is 1630. The van der Waals surface area contributed by atoms with Crippen molar-refractivity contribution in [2.45, 2.75) is 37.6 Å². The number of fused-ring (bicyclic) bond motifs is 1. The third-order valence-electron chi connectivity index (χ3n) is 7.42. The van der Waals surface area contributed by atoms with Crippen LogP contribution in [0.3, 0.4) is 0 Å². The normalized spacial score (nSPS) is 19.1. The fourth-order valence-corrected chi connectivity index (χ4v) is 5.18. The van der Waals surface area contributed by atoms with Crippen molar-refractivity contribution in [2.24, 2.45) is 7.05 Å². The second-order valence-electron chi connectivity index (χ2n) is 10.5. The number of carbonyl (C=O) groups is 2. The highest BCUT2D eigenvalue weighted by Crippen LogP contribution is 2.49. The molecule has 2 aromatic heterocycles. The molecule has 1 amide bonds. The van der Waals surface area contributed by atoms with E-state index in [1.807, 2.05) is 13.0 Å². The van der Waals surface area contributed by atoms with Crippen molar-refractivity contribution < 1.29 is 23.8 Å². The Balaban J connectivity index is 1.55. The van der Waals surface area contributed by atoms with Crippen LogP contribution in [0.2, 0.25) is 5.02 Å². The predicted octanol–water partition coefficient (Wildman–Crippen LogP) is 4.55. The van der Waals surface area contributed by atoms with Crippen LogP contribution in [0.5, 0.6) is 0 Å². The van der Waals surface area contributed by atoms with E-state index in [0.717, 1.165) is 11.6 Å². The Morgan fingerprint density at radius 1 is 1.12 bits per heavy atom. The van der Waals surface area contributed by atoms with Crippen LogP contribution in [0.25, 0.3) is 0 Å². The summed E-state index contributed by atoms with van der Waals surface area (Å²) < 4.78 is 24.3. The minimum atomic E-state index is -1.75. The molecule has 3 heterocycles. The number of carbonyl (C=O) groups excluding carboxylic acids is 2. The summed E-state index contributed by atoms with van der Waals surface area (Å²) >= 11 is 6.19. The molecule has 0 bridgehead atoms. The van der Waals surface area contributed by atoms with Gasteiger partial charge >= 0.3 is 0 Å². The Morgan fingerprint density at radius 2 is 1.88 bits per heavy atom. The highest BCUT2D eigenvalue weighted by atomic mass is 35.5. The van der Waals surface area contributed by atoms with E-state index < -0.39 is 28.8 Å². The Morgan fingerprint density at radius 3 is 2.50 bits per heavy atom. The zero-order valence-electron chi connectivity index (χ0n) is 21.9. The Labute approximate surface area is 235 Å². The van der Waals surface area contributed by atoms with Gasteiger partial charge in [-0.25, -0.2) is 4.39 Å². The summed E-state index contributed by atoms with van der Waals surface area (Å²) in [5.74, 6) is -1.78. The number of ether oxygens (including phenoxy) is 1. The van der Waals surface area contributed by atoms with Gasteiger partial charge in [-0.05, 0) is 55.7 Å². The lowest BCUT2D eigenvalue weighted by Crippen LogP contribution is -2.48. The number of pyridine rings is 1. The lowest BCUT2D eigenvalue weighted by atomic mass is 9.90. The molecule has 0 saturated heterocycles. The maximum absolute atomic E-state index is 16.3. The number of ketones is 1.